The van der Waals surface area contributed by atoms with Crippen LogP contribution in [-0.4, -0.2) is 12.0 Å². The van der Waals surface area contributed by atoms with E-state index in [4.69, 9.17) is 4.42 Å². The molecular weight excluding hydrogens is 176 g/mol. The van der Waals surface area contributed by atoms with Crippen molar-refractivity contribution in [3.05, 3.63) is 54.2 Å². The first-order valence-electron chi connectivity index (χ1n) is 4.51. The molecule has 0 fully saturated rings. The Kier molecular flexibility index (Phi) is 2.60. The van der Waals surface area contributed by atoms with Gasteiger partial charge in [-0.15, -0.1) is 0 Å². The van der Waals surface area contributed by atoms with Gasteiger partial charge in [-0.25, -0.2) is 0 Å². The van der Waals surface area contributed by atoms with Crippen molar-refractivity contribution in [2.45, 2.75) is 6.04 Å². The average molecular weight is 188 g/mol. The Balaban J connectivity index is 2.31. The zero-order valence-corrected chi connectivity index (χ0v) is 7.97. The van der Waals surface area contributed by atoms with Gasteiger partial charge >= 0.3 is 0 Å². The molecule has 2 rings (SSSR count). The van der Waals surface area contributed by atoms with Crippen LogP contribution in [0.1, 0.15) is 17.2 Å². The lowest BCUT2D eigenvalue weighted by Gasteiger charge is -2.13. The summed E-state index contributed by atoms with van der Waals surface area (Å²) >= 11 is 0. The van der Waals surface area contributed by atoms with E-state index < -0.39 is 0 Å². The molecule has 0 amide bonds. The zero-order valence-electron chi connectivity index (χ0n) is 7.97. The predicted octanol–water partition coefficient (Wildman–Crippen LogP) is 1.98. The van der Waals surface area contributed by atoms with Crippen LogP contribution in [0.2, 0.25) is 0 Å². The fourth-order valence-electron chi connectivity index (χ4n) is 1.52. The Morgan fingerprint density at radius 1 is 1.21 bits per heavy atom. The van der Waals surface area contributed by atoms with Gasteiger partial charge in [-0.2, -0.15) is 0 Å². The van der Waals surface area contributed by atoms with E-state index in [1.54, 1.807) is 24.9 Å². The largest absolute Gasteiger partial charge is 0.472 e. The number of pyridine rings is 1. The Hall–Kier alpha value is -1.61. The molecule has 3 nitrogen and oxygen atoms in total. The maximum absolute atomic E-state index is 5.06. The van der Waals surface area contributed by atoms with Crippen molar-refractivity contribution in [1.29, 1.82) is 0 Å². The lowest BCUT2D eigenvalue weighted by molar-refractivity contribution is 0.557. The number of rotatable bonds is 3. The molecule has 0 spiro atoms. The molecule has 0 bridgehead atoms. The molecule has 0 aliphatic rings. The van der Waals surface area contributed by atoms with Gasteiger partial charge in [0.15, 0.2) is 0 Å². The standard InChI is InChI=1S/C11H12N2O/c1-12-11(10-4-7-14-8-10)9-2-5-13-6-3-9/h2-8,11-12H,1H3. The Morgan fingerprint density at radius 2 is 2.00 bits per heavy atom. The van der Waals surface area contributed by atoms with Crippen molar-refractivity contribution in [2.24, 2.45) is 0 Å². The van der Waals surface area contributed by atoms with Crippen LogP contribution in [0.3, 0.4) is 0 Å². The summed E-state index contributed by atoms with van der Waals surface area (Å²) in [5, 5.41) is 3.23. The van der Waals surface area contributed by atoms with Crippen LogP contribution < -0.4 is 5.32 Å². The van der Waals surface area contributed by atoms with E-state index in [-0.39, 0.29) is 6.04 Å². The quantitative estimate of drug-likeness (QED) is 0.800. The van der Waals surface area contributed by atoms with E-state index in [1.807, 2.05) is 25.2 Å². The molecule has 0 saturated carbocycles. The maximum atomic E-state index is 5.06. The third kappa shape index (κ3) is 1.67. The smallest absolute Gasteiger partial charge is 0.0953 e. The number of hydrogen-bond acceptors (Lipinski definition) is 3. The highest BCUT2D eigenvalue weighted by Crippen LogP contribution is 2.20. The first kappa shape index (κ1) is 8.97. The molecular formula is C11H12N2O. The van der Waals surface area contributed by atoms with Crippen LogP contribution >= 0.6 is 0 Å². The van der Waals surface area contributed by atoms with Crippen molar-refractivity contribution >= 4 is 0 Å². The van der Waals surface area contributed by atoms with Gasteiger partial charge in [-0.3, -0.25) is 4.98 Å². The molecule has 3 heteroatoms. The summed E-state index contributed by atoms with van der Waals surface area (Å²) in [5.41, 5.74) is 2.31. The molecule has 0 saturated heterocycles. The minimum atomic E-state index is 0.178. The highest BCUT2D eigenvalue weighted by molar-refractivity contribution is 5.27. The van der Waals surface area contributed by atoms with Crippen LogP contribution in [0.5, 0.6) is 0 Å². The summed E-state index contributed by atoms with van der Waals surface area (Å²) in [6, 6.07) is 6.13. The fourth-order valence-corrected chi connectivity index (χ4v) is 1.52. The minimum Gasteiger partial charge on any atom is -0.472 e. The summed E-state index contributed by atoms with van der Waals surface area (Å²) in [5.74, 6) is 0. The van der Waals surface area contributed by atoms with Crippen molar-refractivity contribution < 1.29 is 4.42 Å². The molecule has 0 aromatic carbocycles. The number of furan rings is 1. The van der Waals surface area contributed by atoms with E-state index in [9.17, 15) is 0 Å². The summed E-state index contributed by atoms with van der Waals surface area (Å²) in [6.45, 7) is 0. The molecule has 0 aliphatic carbocycles. The van der Waals surface area contributed by atoms with Crippen molar-refractivity contribution in [3.8, 4) is 0 Å². The molecule has 1 N–H and O–H groups in total. The molecule has 14 heavy (non-hydrogen) atoms. The zero-order chi connectivity index (χ0) is 9.80. The molecule has 0 radical (unpaired) electrons. The number of aromatic nitrogens is 1. The highest BCUT2D eigenvalue weighted by atomic mass is 16.3. The van der Waals surface area contributed by atoms with E-state index in [0.717, 1.165) is 5.56 Å². The van der Waals surface area contributed by atoms with E-state index in [0.29, 0.717) is 0 Å². The minimum absolute atomic E-state index is 0.178. The third-order valence-corrected chi connectivity index (χ3v) is 2.20. The van der Waals surface area contributed by atoms with E-state index in [1.165, 1.54) is 5.56 Å². The molecule has 1 unspecified atom stereocenters. The van der Waals surface area contributed by atoms with Crippen LogP contribution in [0.25, 0.3) is 0 Å². The second-order valence-electron chi connectivity index (χ2n) is 3.06. The third-order valence-electron chi connectivity index (χ3n) is 2.20. The van der Waals surface area contributed by atoms with Gasteiger partial charge in [0.2, 0.25) is 0 Å². The molecule has 72 valence electrons. The molecule has 1 atom stereocenters. The number of nitrogens with one attached hydrogen (secondary N) is 1. The van der Waals surface area contributed by atoms with Gasteiger partial charge in [-0.05, 0) is 30.8 Å². The number of hydrogen-bond donors (Lipinski definition) is 1. The topological polar surface area (TPSA) is 38.1 Å². The van der Waals surface area contributed by atoms with E-state index in [2.05, 4.69) is 10.3 Å². The van der Waals surface area contributed by atoms with Crippen LogP contribution in [0, 0.1) is 0 Å². The molecule has 0 aliphatic heterocycles. The van der Waals surface area contributed by atoms with Gasteiger partial charge in [0.05, 0.1) is 18.6 Å². The van der Waals surface area contributed by atoms with Gasteiger partial charge in [0.25, 0.3) is 0 Å². The van der Waals surface area contributed by atoms with Gasteiger partial charge in [0.1, 0.15) is 0 Å². The maximum Gasteiger partial charge on any atom is 0.0953 e. The van der Waals surface area contributed by atoms with Crippen LogP contribution in [-0.2, 0) is 0 Å². The monoisotopic (exact) mass is 188 g/mol. The number of nitrogens with zero attached hydrogens (tertiary/aromatic N) is 1. The Bertz CT molecular complexity index is 369. The first-order valence-corrected chi connectivity index (χ1v) is 4.51. The van der Waals surface area contributed by atoms with Crippen molar-refractivity contribution in [1.82, 2.24) is 10.3 Å². The van der Waals surface area contributed by atoms with Crippen LogP contribution in [0.15, 0.2) is 47.5 Å². The lowest BCUT2D eigenvalue weighted by atomic mass is 10.0. The first-order chi connectivity index (χ1) is 6.92. The van der Waals surface area contributed by atoms with Crippen molar-refractivity contribution in [3.63, 3.8) is 0 Å². The second-order valence-corrected chi connectivity index (χ2v) is 3.06. The normalized spacial score (nSPS) is 12.6. The summed E-state index contributed by atoms with van der Waals surface area (Å²) in [7, 11) is 1.93. The molecule has 2 heterocycles. The van der Waals surface area contributed by atoms with Gasteiger partial charge in [-0.1, -0.05) is 0 Å². The van der Waals surface area contributed by atoms with Crippen LogP contribution in [0.4, 0.5) is 0 Å². The Morgan fingerprint density at radius 3 is 2.57 bits per heavy atom. The summed E-state index contributed by atoms with van der Waals surface area (Å²) in [4.78, 5) is 3.99. The second kappa shape index (κ2) is 4.07. The molecule has 2 aromatic heterocycles. The van der Waals surface area contributed by atoms with Gasteiger partial charge < -0.3 is 9.73 Å². The fraction of sp³-hybridized carbons (Fsp3) is 0.182. The lowest BCUT2D eigenvalue weighted by Crippen LogP contribution is -2.16. The van der Waals surface area contributed by atoms with Gasteiger partial charge in [0, 0.05) is 18.0 Å². The summed E-state index contributed by atoms with van der Waals surface area (Å²) in [6.07, 6.45) is 7.02. The average Bonchev–Trinajstić information content (AvgIpc) is 2.74. The van der Waals surface area contributed by atoms with Crippen molar-refractivity contribution in [2.75, 3.05) is 7.05 Å². The predicted molar refractivity (Wildman–Crippen MR) is 53.8 cm³/mol. The Labute approximate surface area is 82.8 Å². The SMILES string of the molecule is CNC(c1ccncc1)c1ccoc1. The molecule has 2 aromatic rings. The van der Waals surface area contributed by atoms with E-state index >= 15 is 0 Å². The summed E-state index contributed by atoms with van der Waals surface area (Å²) < 4.78 is 5.06. The highest BCUT2D eigenvalue weighted by Gasteiger charge is 2.11.